The molecule has 84 valence electrons. The Morgan fingerprint density at radius 2 is 1.80 bits per heavy atom. The lowest BCUT2D eigenvalue weighted by Crippen LogP contribution is -2.08. The number of rotatable bonds is 4. The van der Waals surface area contributed by atoms with Crippen LogP contribution in [0.2, 0.25) is 0 Å². The zero-order valence-electron chi connectivity index (χ0n) is 9.28. The highest BCUT2D eigenvalue weighted by molar-refractivity contribution is 7.80. The van der Waals surface area contributed by atoms with Crippen LogP contribution in [0.25, 0.3) is 0 Å². The third-order valence-corrected chi connectivity index (χ3v) is 2.84. The standard InChI is InChI=1S/C11H17NO2S/c1-7-4-9(13-2)10(14-3)5-8(7)11(15)6-12/h4-5,11,15H,6,12H2,1-3H3. The molecule has 0 bridgehead atoms. The second-order valence-electron chi connectivity index (χ2n) is 3.32. The molecule has 1 aromatic carbocycles. The summed E-state index contributed by atoms with van der Waals surface area (Å²) in [5.41, 5.74) is 7.78. The van der Waals surface area contributed by atoms with Crippen molar-refractivity contribution in [3.8, 4) is 11.5 Å². The quantitative estimate of drug-likeness (QED) is 0.773. The monoisotopic (exact) mass is 227 g/mol. The molecule has 0 aromatic heterocycles. The first-order chi connectivity index (χ1) is 7.13. The zero-order valence-corrected chi connectivity index (χ0v) is 10.2. The van der Waals surface area contributed by atoms with Gasteiger partial charge >= 0.3 is 0 Å². The number of benzene rings is 1. The first-order valence-corrected chi connectivity index (χ1v) is 5.26. The Kier molecular flexibility index (Phi) is 4.29. The van der Waals surface area contributed by atoms with Crippen molar-refractivity contribution in [1.82, 2.24) is 0 Å². The van der Waals surface area contributed by atoms with E-state index in [1.54, 1.807) is 14.2 Å². The summed E-state index contributed by atoms with van der Waals surface area (Å²) < 4.78 is 10.4. The first-order valence-electron chi connectivity index (χ1n) is 4.74. The van der Waals surface area contributed by atoms with Crippen molar-refractivity contribution in [1.29, 1.82) is 0 Å². The number of thiol groups is 1. The molecule has 0 amide bonds. The smallest absolute Gasteiger partial charge is 0.161 e. The minimum absolute atomic E-state index is 0.0322. The molecule has 3 nitrogen and oxygen atoms in total. The van der Waals surface area contributed by atoms with Gasteiger partial charge in [-0.15, -0.1) is 0 Å². The van der Waals surface area contributed by atoms with E-state index >= 15 is 0 Å². The third-order valence-electron chi connectivity index (χ3n) is 2.35. The lowest BCUT2D eigenvalue weighted by atomic mass is 10.0. The van der Waals surface area contributed by atoms with Gasteiger partial charge in [0.1, 0.15) is 0 Å². The van der Waals surface area contributed by atoms with Gasteiger partial charge in [-0.3, -0.25) is 0 Å². The lowest BCUT2D eigenvalue weighted by molar-refractivity contribution is 0.354. The molecule has 0 aliphatic carbocycles. The minimum atomic E-state index is 0.0322. The van der Waals surface area contributed by atoms with Crippen molar-refractivity contribution in [2.45, 2.75) is 12.2 Å². The summed E-state index contributed by atoms with van der Waals surface area (Å²) in [5.74, 6) is 1.45. The summed E-state index contributed by atoms with van der Waals surface area (Å²) >= 11 is 4.42. The van der Waals surface area contributed by atoms with Crippen LogP contribution in [0.3, 0.4) is 0 Å². The van der Waals surface area contributed by atoms with Crippen LogP contribution < -0.4 is 15.2 Å². The van der Waals surface area contributed by atoms with Crippen molar-refractivity contribution in [2.24, 2.45) is 5.73 Å². The molecule has 1 aromatic rings. The number of nitrogens with two attached hydrogens (primary N) is 1. The Labute approximate surface area is 96.0 Å². The summed E-state index contributed by atoms with van der Waals surface area (Å²) in [6, 6.07) is 3.87. The summed E-state index contributed by atoms with van der Waals surface area (Å²) in [5, 5.41) is 0.0322. The number of hydrogen-bond acceptors (Lipinski definition) is 4. The van der Waals surface area contributed by atoms with Crippen LogP contribution in [0.4, 0.5) is 0 Å². The Morgan fingerprint density at radius 3 is 2.27 bits per heavy atom. The highest BCUT2D eigenvalue weighted by Gasteiger charge is 2.12. The van der Waals surface area contributed by atoms with E-state index in [9.17, 15) is 0 Å². The maximum Gasteiger partial charge on any atom is 0.161 e. The van der Waals surface area contributed by atoms with E-state index in [4.69, 9.17) is 15.2 Å². The van der Waals surface area contributed by atoms with E-state index in [-0.39, 0.29) is 5.25 Å². The van der Waals surface area contributed by atoms with E-state index in [1.165, 1.54) is 0 Å². The average Bonchev–Trinajstić information content (AvgIpc) is 2.27. The summed E-state index contributed by atoms with van der Waals surface area (Å²) in [6.45, 7) is 2.51. The highest BCUT2D eigenvalue weighted by Crippen LogP contribution is 2.34. The van der Waals surface area contributed by atoms with Gasteiger partial charge in [0.25, 0.3) is 0 Å². The zero-order chi connectivity index (χ0) is 11.4. The largest absolute Gasteiger partial charge is 0.493 e. The number of methoxy groups -OCH3 is 2. The second-order valence-corrected chi connectivity index (χ2v) is 3.94. The van der Waals surface area contributed by atoms with Gasteiger partial charge in [-0.25, -0.2) is 0 Å². The lowest BCUT2D eigenvalue weighted by Gasteiger charge is -2.15. The predicted molar refractivity (Wildman–Crippen MR) is 65.1 cm³/mol. The van der Waals surface area contributed by atoms with Crippen molar-refractivity contribution < 1.29 is 9.47 Å². The molecule has 0 radical (unpaired) electrons. The van der Waals surface area contributed by atoms with Crippen molar-refractivity contribution in [3.63, 3.8) is 0 Å². The van der Waals surface area contributed by atoms with Crippen LogP contribution in [0.1, 0.15) is 16.4 Å². The molecular formula is C11H17NO2S. The summed E-state index contributed by atoms with van der Waals surface area (Å²) in [4.78, 5) is 0. The summed E-state index contributed by atoms with van der Waals surface area (Å²) in [7, 11) is 3.24. The Balaban J connectivity index is 3.19. The van der Waals surface area contributed by atoms with E-state index in [0.29, 0.717) is 12.3 Å². The third kappa shape index (κ3) is 2.58. The molecule has 1 atom stereocenters. The maximum absolute atomic E-state index is 5.59. The molecule has 0 heterocycles. The maximum atomic E-state index is 5.59. The van der Waals surface area contributed by atoms with E-state index < -0.39 is 0 Å². The Morgan fingerprint density at radius 1 is 1.27 bits per heavy atom. The molecule has 1 rings (SSSR count). The van der Waals surface area contributed by atoms with Crippen molar-refractivity contribution in [3.05, 3.63) is 23.3 Å². The number of aryl methyl sites for hydroxylation is 1. The topological polar surface area (TPSA) is 44.5 Å². The van der Waals surface area contributed by atoms with Crippen LogP contribution in [-0.4, -0.2) is 20.8 Å². The van der Waals surface area contributed by atoms with Gasteiger partial charge in [0.15, 0.2) is 11.5 Å². The molecule has 0 saturated carbocycles. The van der Waals surface area contributed by atoms with Gasteiger partial charge in [-0.05, 0) is 30.2 Å². The molecule has 0 fully saturated rings. The number of ether oxygens (including phenoxy) is 2. The van der Waals surface area contributed by atoms with Crippen molar-refractivity contribution >= 4 is 12.6 Å². The minimum Gasteiger partial charge on any atom is -0.493 e. The molecule has 4 heteroatoms. The highest BCUT2D eigenvalue weighted by atomic mass is 32.1. The van der Waals surface area contributed by atoms with Crippen LogP contribution in [0, 0.1) is 6.92 Å². The fourth-order valence-corrected chi connectivity index (χ4v) is 1.76. The molecule has 0 aliphatic heterocycles. The van der Waals surface area contributed by atoms with Gasteiger partial charge < -0.3 is 15.2 Å². The van der Waals surface area contributed by atoms with Crippen LogP contribution in [0.5, 0.6) is 11.5 Å². The molecule has 0 spiro atoms. The molecule has 2 N–H and O–H groups in total. The van der Waals surface area contributed by atoms with Gasteiger partial charge in [0, 0.05) is 11.8 Å². The number of hydrogen-bond donors (Lipinski definition) is 2. The molecule has 1 unspecified atom stereocenters. The molecule has 0 saturated heterocycles. The summed E-state index contributed by atoms with van der Waals surface area (Å²) in [6.07, 6.45) is 0. The van der Waals surface area contributed by atoms with E-state index in [0.717, 1.165) is 16.9 Å². The normalized spacial score (nSPS) is 12.3. The van der Waals surface area contributed by atoms with Crippen molar-refractivity contribution in [2.75, 3.05) is 20.8 Å². The van der Waals surface area contributed by atoms with Gasteiger partial charge in [-0.1, -0.05) is 0 Å². The van der Waals surface area contributed by atoms with Gasteiger partial charge in [-0.2, -0.15) is 12.6 Å². The average molecular weight is 227 g/mol. The molecule has 0 aliphatic rings. The van der Waals surface area contributed by atoms with Gasteiger partial charge in [0.2, 0.25) is 0 Å². The Bertz CT molecular complexity index is 342. The van der Waals surface area contributed by atoms with E-state index in [1.807, 2.05) is 19.1 Å². The SMILES string of the molecule is COc1cc(C)c(C(S)CN)cc1OC. The Hall–Kier alpha value is -0.870. The molecular weight excluding hydrogens is 210 g/mol. The predicted octanol–water partition coefficient (Wildman–Crippen LogP) is 1.94. The first kappa shape index (κ1) is 12.2. The van der Waals surface area contributed by atoms with Gasteiger partial charge in [0.05, 0.1) is 14.2 Å². The van der Waals surface area contributed by atoms with Crippen LogP contribution >= 0.6 is 12.6 Å². The van der Waals surface area contributed by atoms with Crippen LogP contribution in [-0.2, 0) is 0 Å². The van der Waals surface area contributed by atoms with E-state index in [2.05, 4.69) is 12.6 Å². The fraction of sp³-hybridized carbons (Fsp3) is 0.455. The fourth-order valence-electron chi connectivity index (χ4n) is 1.48. The van der Waals surface area contributed by atoms with Crippen LogP contribution in [0.15, 0.2) is 12.1 Å². The second kappa shape index (κ2) is 5.28. The molecule has 15 heavy (non-hydrogen) atoms.